The van der Waals surface area contributed by atoms with E-state index in [1.54, 1.807) is 27.8 Å². The molecule has 0 bridgehead atoms. The number of hydrogen-bond acceptors (Lipinski definition) is 7. The van der Waals surface area contributed by atoms with Crippen LogP contribution in [0.25, 0.3) is 11.5 Å². The zero-order valence-corrected chi connectivity index (χ0v) is 15.1. The summed E-state index contributed by atoms with van der Waals surface area (Å²) in [6.45, 7) is 2.73. The molecule has 28 heavy (non-hydrogen) atoms. The van der Waals surface area contributed by atoms with E-state index in [1.165, 1.54) is 12.5 Å². The number of halogens is 3. The molecule has 4 heterocycles. The summed E-state index contributed by atoms with van der Waals surface area (Å²) in [7, 11) is 0. The molecule has 1 aliphatic rings. The molecular formula is C17H18F3N7O. The van der Waals surface area contributed by atoms with Crippen LogP contribution < -0.4 is 0 Å². The first-order valence-electron chi connectivity index (χ1n) is 8.84. The van der Waals surface area contributed by atoms with Crippen LogP contribution in [0.5, 0.6) is 0 Å². The lowest BCUT2D eigenvalue weighted by molar-refractivity contribution is -0.193. The van der Waals surface area contributed by atoms with Gasteiger partial charge in [-0.1, -0.05) is 11.2 Å². The van der Waals surface area contributed by atoms with Crippen LogP contribution >= 0.6 is 0 Å². The molecule has 0 aliphatic carbocycles. The van der Waals surface area contributed by atoms with Crippen molar-refractivity contribution in [3.8, 4) is 11.5 Å². The van der Waals surface area contributed by atoms with Gasteiger partial charge in [0.1, 0.15) is 17.8 Å². The lowest BCUT2D eigenvalue weighted by Gasteiger charge is -2.28. The molecule has 3 aromatic heterocycles. The second kappa shape index (κ2) is 6.97. The summed E-state index contributed by atoms with van der Waals surface area (Å²) >= 11 is 0. The number of aromatic nitrogens is 6. The van der Waals surface area contributed by atoms with Gasteiger partial charge in [0.25, 0.3) is 0 Å². The Morgan fingerprint density at radius 2 is 2.11 bits per heavy atom. The molecule has 148 valence electrons. The maximum atomic E-state index is 14.1. The van der Waals surface area contributed by atoms with Crippen LogP contribution in [-0.4, -0.2) is 54.1 Å². The Bertz CT molecular complexity index is 940. The van der Waals surface area contributed by atoms with E-state index in [0.717, 1.165) is 0 Å². The van der Waals surface area contributed by atoms with Crippen molar-refractivity contribution < 1.29 is 17.7 Å². The fourth-order valence-electron chi connectivity index (χ4n) is 3.44. The Morgan fingerprint density at radius 1 is 1.25 bits per heavy atom. The third-order valence-electron chi connectivity index (χ3n) is 4.98. The van der Waals surface area contributed by atoms with E-state index < -0.39 is 17.5 Å². The van der Waals surface area contributed by atoms with Crippen LogP contribution in [0.1, 0.15) is 25.1 Å². The Morgan fingerprint density at radius 3 is 2.82 bits per heavy atom. The number of aryl methyl sites for hydroxylation is 1. The monoisotopic (exact) mass is 393 g/mol. The van der Waals surface area contributed by atoms with E-state index in [0.29, 0.717) is 18.1 Å². The molecule has 1 atom stereocenters. The normalized spacial score (nSPS) is 20.7. The average Bonchev–Trinajstić information content (AvgIpc) is 3.42. The summed E-state index contributed by atoms with van der Waals surface area (Å²) in [6, 6.07) is 5.03. The predicted molar refractivity (Wildman–Crippen MR) is 90.9 cm³/mol. The summed E-state index contributed by atoms with van der Waals surface area (Å²) in [6.07, 6.45) is -1.77. The first kappa shape index (κ1) is 18.5. The van der Waals surface area contributed by atoms with E-state index >= 15 is 0 Å². The van der Waals surface area contributed by atoms with Gasteiger partial charge in [-0.15, -0.1) is 0 Å². The highest BCUT2D eigenvalue weighted by Crippen LogP contribution is 2.47. The molecule has 11 heteroatoms. The Kier molecular flexibility index (Phi) is 4.61. The maximum absolute atomic E-state index is 14.1. The number of pyridine rings is 1. The van der Waals surface area contributed by atoms with Crippen molar-refractivity contribution in [3.05, 3.63) is 42.4 Å². The largest absolute Gasteiger partial charge is 0.404 e. The van der Waals surface area contributed by atoms with E-state index in [1.807, 2.05) is 6.92 Å². The minimum Gasteiger partial charge on any atom is -0.338 e. The van der Waals surface area contributed by atoms with Crippen molar-refractivity contribution in [2.24, 2.45) is 0 Å². The van der Waals surface area contributed by atoms with Crippen molar-refractivity contribution in [2.45, 2.75) is 38.0 Å². The van der Waals surface area contributed by atoms with Crippen LogP contribution in [0.4, 0.5) is 13.2 Å². The molecule has 0 spiro atoms. The standard InChI is InChI=1S/C17H18F3N7O/c1-2-27-13(22-11-23-27)9-26-8-6-16(10-26,17(18,19)20)15-24-14(25-28-15)12-5-3-4-7-21-12/h3-5,7,11H,2,6,8-10H2,1H3. The van der Waals surface area contributed by atoms with Crippen molar-refractivity contribution >= 4 is 0 Å². The van der Waals surface area contributed by atoms with Crippen molar-refractivity contribution in [1.82, 2.24) is 34.8 Å². The fourth-order valence-corrected chi connectivity index (χ4v) is 3.44. The molecule has 3 aromatic rings. The molecule has 1 aliphatic heterocycles. The van der Waals surface area contributed by atoms with Gasteiger partial charge in [0.05, 0.1) is 6.54 Å². The molecule has 1 saturated heterocycles. The molecule has 0 N–H and O–H groups in total. The van der Waals surface area contributed by atoms with Gasteiger partial charge in [0, 0.05) is 25.8 Å². The first-order chi connectivity index (χ1) is 13.4. The highest BCUT2D eigenvalue weighted by Gasteiger charge is 2.62. The van der Waals surface area contributed by atoms with Gasteiger partial charge in [-0.3, -0.25) is 9.88 Å². The van der Waals surface area contributed by atoms with Gasteiger partial charge < -0.3 is 4.52 Å². The molecule has 0 radical (unpaired) electrons. The highest BCUT2D eigenvalue weighted by molar-refractivity contribution is 5.47. The highest BCUT2D eigenvalue weighted by atomic mass is 19.4. The van der Waals surface area contributed by atoms with Crippen LogP contribution in [0.15, 0.2) is 35.2 Å². The fraction of sp³-hybridized carbons (Fsp3) is 0.471. The van der Waals surface area contributed by atoms with Crippen molar-refractivity contribution in [1.29, 1.82) is 0 Å². The molecular weight excluding hydrogens is 375 g/mol. The number of rotatable bonds is 5. The lowest BCUT2D eigenvalue weighted by Crippen LogP contribution is -2.45. The predicted octanol–water partition coefficient (Wildman–Crippen LogP) is 2.45. The zero-order chi connectivity index (χ0) is 19.8. The number of nitrogens with zero attached hydrogens (tertiary/aromatic N) is 7. The second-order valence-corrected chi connectivity index (χ2v) is 6.67. The van der Waals surface area contributed by atoms with Gasteiger partial charge in [0.15, 0.2) is 5.41 Å². The molecule has 0 amide bonds. The Balaban J connectivity index is 1.61. The number of hydrogen-bond donors (Lipinski definition) is 0. The Hall–Kier alpha value is -2.82. The van der Waals surface area contributed by atoms with Gasteiger partial charge in [-0.05, 0) is 25.5 Å². The smallest absolute Gasteiger partial charge is 0.338 e. The topological polar surface area (TPSA) is 85.8 Å². The van der Waals surface area contributed by atoms with Crippen molar-refractivity contribution in [3.63, 3.8) is 0 Å². The second-order valence-electron chi connectivity index (χ2n) is 6.67. The van der Waals surface area contributed by atoms with Gasteiger partial charge in [-0.25, -0.2) is 9.67 Å². The van der Waals surface area contributed by atoms with Crippen LogP contribution in [0.2, 0.25) is 0 Å². The Labute approximate surface area is 158 Å². The third kappa shape index (κ3) is 3.15. The van der Waals surface area contributed by atoms with Gasteiger partial charge >= 0.3 is 6.18 Å². The molecule has 0 saturated carbocycles. The minimum atomic E-state index is -4.53. The summed E-state index contributed by atoms with van der Waals surface area (Å²) in [5, 5.41) is 7.79. The number of likely N-dealkylation sites (tertiary alicyclic amines) is 1. The van der Waals surface area contributed by atoms with Crippen molar-refractivity contribution in [2.75, 3.05) is 13.1 Å². The summed E-state index contributed by atoms with van der Waals surface area (Å²) in [5.74, 6) is 0.240. The minimum absolute atomic E-state index is 0.0448. The first-order valence-corrected chi connectivity index (χ1v) is 8.84. The van der Waals surface area contributed by atoms with E-state index in [-0.39, 0.29) is 31.9 Å². The quantitative estimate of drug-likeness (QED) is 0.658. The molecule has 0 aromatic carbocycles. The van der Waals surface area contributed by atoms with Crippen LogP contribution in [0.3, 0.4) is 0 Å². The summed E-state index contributed by atoms with van der Waals surface area (Å²) in [4.78, 5) is 13.9. The van der Waals surface area contributed by atoms with Gasteiger partial charge in [-0.2, -0.15) is 23.3 Å². The molecule has 8 nitrogen and oxygen atoms in total. The zero-order valence-electron chi connectivity index (χ0n) is 15.1. The van der Waals surface area contributed by atoms with E-state index in [2.05, 4.69) is 25.2 Å². The van der Waals surface area contributed by atoms with Gasteiger partial charge in [0.2, 0.25) is 11.7 Å². The summed E-state index contributed by atoms with van der Waals surface area (Å²) in [5.41, 5.74) is -1.86. The third-order valence-corrected chi connectivity index (χ3v) is 4.98. The molecule has 4 rings (SSSR count). The van der Waals surface area contributed by atoms with E-state index in [4.69, 9.17) is 4.52 Å². The number of alkyl halides is 3. The SMILES string of the molecule is CCn1ncnc1CN1CCC(c2nc(-c3ccccn3)no2)(C(F)(F)F)C1. The summed E-state index contributed by atoms with van der Waals surface area (Å²) < 4.78 is 49.1. The van der Waals surface area contributed by atoms with E-state index in [9.17, 15) is 13.2 Å². The lowest BCUT2D eigenvalue weighted by atomic mass is 9.86. The average molecular weight is 393 g/mol. The van der Waals surface area contributed by atoms with Crippen LogP contribution in [0, 0.1) is 0 Å². The maximum Gasteiger partial charge on any atom is 0.404 e. The molecule has 1 unspecified atom stereocenters. The van der Waals surface area contributed by atoms with Crippen LogP contribution in [-0.2, 0) is 18.5 Å². The molecule has 1 fully saturated rings.